The van der Waals surface area contributed by atoms with Gasteiger partial charge in [0, 0.05) is 5.75 Å². The molecule has 1 spiro atoms. The summed E-state index contributed by atoms with van der Waals surface area (Å²) in [6.45, 7) is 0.707. The van der Waals surface area contributed by atoms with E-state index in [-0.39, 0.29) is 11.7 Å². The molecule has 0 bridgehead atoms. The molecule has 1 N–H and O–H groups in total. The predicted octanol–water partition coefficient (Wildman–Crippen LogP) is 0.602. The Bertz CT molecular complexity index is 165. The maximum absolute atomic E-state index is 10.7. The highest BCUT2D eigenvalue weighted by molar-refractivity contribution is 7.99. The standard InChI is InChI=1S/C6H9NO2S/c8-5-7-3-6(9-5)1-2-10-4-6/h1-4H2,(H,7,8). The van der Waals surface area contributed by atoms with Crippen LogP contribution in [0.3, 0.4) is 0 Å². The molecule has 2 saturated heterocycles. The van der Waals surface area contributed by atoms with E-state index in [0.717, 1.165) is 17.9 Å². The Balaban J connectivity index is 2.09. The first-order valence-corrected chi connectivity index (χ1v) is 4.51. The molecule has 10 heavy (non-hydrogen) atoms. The summed E-state index contributed by atoms with van der Waals surface area (Å²) in [4.78, 5) is 10.7. The Hall–Kier alpha value is -0.380. The predicted molar refractivity (Wildman–Crippen MR) is 39.2 cm³/mol. The van der Waals surface area contributed by atoms with Crippen LogP contribution in [0.5, 0.6) is 0 Å². The SMILES string of the molecule is O=C1NCC2(CCSC2)O1. The van der Waals surface area contributed by atoms with Gasteiger partial charge in [-0.2, -0.15) is 11.8 Å². The van der Waals surface area contributed by atoms with E-state index in [2.05, 4.69) is 5.32 Å². The minimum atomic E-state index is -0.248. The lowest BCUT2D eigenvalue weighted by Crippen LogP contribution is -2.32. The van der Waals surface area contributed by atoms with Gasteiger partial charge in [0.2, 0.25) is 0 Å². The van der Waals surface area contributed by atoms with E-state index in [9.17, 15) is 4.79 Å². The van der Waals surface area contributed by atoms with Crippen LogP contribution in [-0.2, 0) is 4.74 Å². The number of carbonyl (C=O) groups excluding carboxylic acids is 1. The summed E-state index contributed by atoms with van der Waals surface area (Å²) in [6.07, 6.45) is 0.763. The zero-order valence-electron chi connectivity index (χ0n) is 5.55. The van der Waals surface area contributed by atoms with Crippen molar-refractivity contribution in [1.82, 2.24) is 5.32 Å². The first kappa shape index (κ1) is 6.34. The number of rotatable bonds is 0. The first-order chi connectivity index (χ1) is 4.81. The van der Waals surface area contributed by atoms with Crippen LogP contribution < -0.4 is 5.32 Å². The molecule has 2 fully saturated rings. The van der Waals surface area contributed by atoms with Crippen LogP contribution in [0, 0.1) is 0 Å². The average Bonchev–Trinajstić information content (AvgIpc) is 2.46. The quantitative estimate of drug-likeness (QED) is 0.562. The summed E-state index contributed by atoms with van der Waals surface area (Å²) in [5.74, 6) is 2.08. The Morgan fingerprint density at radius 1 is 1.70 bits per heavy atom. The molecule has 1 amide bonds. The summed E-state index contributed by atoms with van der Waals surface area (Å²) in [5, 5.41) is 2.68. The number of alkyl carbamates (subject to hydrolysis) is 1. The molecule has 1 atom stereocenters. The molecule has 0 radical (unpaired) electrons. The summed E-state index contributed by atoms with van der Waals surface area (Å²) in [7, 11) is 0. The van der Waals surface area contributed by atoms with E-state index in [1.165, 1.54) is 0 Å². The highest BCUT2D eigenvalue weighted by Gasteiger charge is 2.42. The van der Waals surface area contributed by atoms with Crippen LogP contribution >= 0.6 is 11.8 Å². The highest BCUT2D eigenvalue weighted by atomic mass is 32.2. The molecule has 2 rings (SSSR count). The van der Waals surface area contributed by atoms with Gasteiger partial charge < -0.3 is 10.1 Å². The lowest BCUT2D eigenvalue weighted by atomic mass is 10.1. The van der Waals surface area contributed by atoms with Gasteiger partial charge in [-0.1, -0.05) is 0 Å². The number of ether oxygens (including phenoxy) is 1. The third-order valence-corrected chi connectivity index (χ3v) is 3.15. The van der Waals surface area contributed by atoms with Crippen LogP contribution in [0.2, 0.25) is 0 Å². The minimum absolute atomic E-state index is 0.137. The average molecular weight is 159 g/mol. The lowest BCUT2D eigenvalue weighted by Gasteiger charge is -2.17. The molecule has 4 heteroatoms. The van der Waals surface area contributed by atoms with E-state index in [1.807, 2.05) is 11.8 Å². The van der Waals surface area contributed by atoms with Gasteiger partial charge in [0.15, 0.2) is 0 Å². The Labute approximate surface area is 63.5 Å². The van der Waals surface area contributed by atoms with Gasteiger partial charge in [-0.3, -0.25) is 0 Å². The summed E-state index contributed by atoms with van der Waals surface area (Å²) in [6, 6.07) is 0. The third kappa shape index (κ3) is 0.868. The van der Waals surface area contributed by atoms with Gasteiger partial charge in [0.25, 0.3) is 0 Å². The Kier molecular flexibility index (Phi) is 1.30. The number of hydrogen-bond donors (Lipinski definition) is 1. The normalized spacial score (nSPS) is 38.2. The third-order valence-electron chi connectivity index (χ3n) is 1.93. The molecule has 1 unspecified atom stereocenters. The zero-order valence-corrected chi connectivity index (χ0v) is 6.37. The van der Waals surface area contributed by atoms with Crippen molar-refractivity contribution < 1.29 is 9.53 Å². The number of nitrogens with one attached hydrogen (secondary N) is 1. The van der Waals surface area contributed by atoms with Crippen LogP contribution in [0.4, 0.5) is 4.79 Å². The van der Waals surface area contributed by atoms with Crippen molar-refractivity contribution in [2.24, 2.45) is 0 Å². The maximum atomic E-state index is 10.7. The molecule has 0 aromatic heterocycles. The fourth-order valence-corrected chi connectivity index (χ4v) is 2.65. The number of thioether (sulfide) groups is 1. The van der Waals surface area contributed by atoms with Crippen LogP contribution in [-0.4, -0.2) is 29.7 Å². The number of amides is 1. The molecule has 56 valence electrons. The van der Waals surface area contributed by atoms with Crippen molar-refractivity contribution in [3.05, 3.63) is 0 Å². The lowest BCUT2D eigenvalue weighted by molar-refractivity contribution is 0.0781. The van der Waals surface area contributed by atoms with Gasteiger partial charge in [-0.15, -0.1) is 0 Å². The molecule has 2 aliphatic heterocycles. The van der Waals surface area contributed by atoms with Crippen molar-refractivity contribution in [3.8, 4) is 0 Å². The van der Waals surface area contributed by atoms with Gasteiger partial charge in [0.1, 0.15) is 5.60 Å². The summed E-state index contributed by atoms with van der Waals surface area (Å²) in [5.41, 5.74) is -0.137. The first-order valence-electron chi connectivity index (χ1n) is 3.35. The summed E-state index contributed by atoms with van der Waals surface area (Å²) < 4.78 is 5.14. The fraction of sp³-hybridized carbons (Fsp3) is 0.833. The van der Waals surface area contributed by atoms with Crippen molar-refractivity contribution in [2.45, 2.75) is 12.0 Å². The molecule has 0 aromatic rings. The number of hydrogen-bond acceptors (Lipinski definition) is 3. The van der Waals surface area contributed by atoms with Gasteiger partial charge in [-0.05, 0) is 12.2 Å². The second-order valence-corrected chi connectivity index (χ2v) is 3.83. The second kappa shape index (κ2) is 2.05. The van der Waals surface area contributed by atoms with Gasteiger partial charge >= 0.3 is 6.09 Å². The Morgan fingerprint density at radius 2 is 2.60 bits per heavy atom. The fourth-order valence-electron chi connectivity index (χ4n) is 1.31. The largest absolute Gasteiger partial charge is 0.440 e. The van der Waals surface area contributed by atoms with E-state index < -0.39 is 0 Å². The molecule has 0 aromatic carbocycles. The second-order valence-electron chi connectivity index (χ2n) is 2.73. The number of carbonyl (C=O) groups is 1. The van der Waals surface area contributed by atoms with E-state index in [4.69, 9.17) is 4.74 Å². The monoisotopic (exact) mass is 159 g/mol. The minimum Gasteiger partial charge on any atom is -0.440 e. The van der Waals surface area contributed by atoms with E-state index in [1.54, 1.807) is 0 Å². The Morgan fingerprint density at radius 3 is 3.10 bits per heavy atom. The zero-order chi connectivity index (χ0) is 7.03. The molecular formula is C6H9NO2S. The van der Waals surface area contributed by atoms with Crippen molar-refractivity contribution >= 4 is 17.9 Å². The highest BCUT2D eigenvalue weighted by Crippen LogP contribution is 2.33. The van der Waals surface area contributed by atoms with Crippen LogP contribution in [0.1, 0.15) is 6.42 Å². The van der Waals surface area contributed by atoms with Gasteiger partial charge in [-0.25, -0.2) is 4.79 Å². The van der Waals surface area contributed by atoms with E-state index in [0.29, 0.717) is 6.54 Å². The van der Waals surface area contributed by atoms with Crippen molar-refractivity contribution in [1.29, 1.82) is 0 Å². The molecular weight excluding hydrogens is 150 g/mol. The molecule has 2 aliphatic rings. The molecule has 2 heterocycles. The molecule has 0 aliphatic carbocycles. The smallest absolute Gasteiger partial charge is 0.407 e. The molecule has 3 nitrogen and oxygen atoms in total. The van der Waals surface area contributed by atoms with Crippen molar-refractivity contribution in [3.63, 3.8) is 0 Å². The van der Waals surface area contributed by atoms with Gasteiger partial charge in [0.05, 0.1) is 6.54 Å². The van der Waals surface area contributed by atoms with Crippen LogP contribution in [0.15, 0.2) is 0 Å². The molecule has 0 saturated carbocycles. The van der Waals surface area contributed by atoms with E-state index >= 15 is 0 Å². The van der Waals surface area contributed by atoms with Crippen molar-refractivity contribution in [2.75, 3.05) is 18.1 Å². The summed E-state index contributed by atoms with van der Waals surface area (Å²) >= 11 is 1.85. The topological polar surface area (TPSA) is 38.3 Å². The van der Waals surface area contributed by atoms with Crippen LogP contribution in [0.25, 0.3) is 0 Å². The maximum Gasteiger partial charge on any atom is 0.407 e.